The molecule has 1 aromatic carbocycles. The van der Waals surface area contributed by atoms with Crippen molar-refractivity contribution in [2.45, 2.75) is 19.0 Å². The third-order valence-corrected chi connectivity index (χ3v) is 2.35. The van der Waals surface area contributed by atoms with Gasteiger partial charge in [-0.05, 0) is 17.5 Å². The molecule has 2 heteroatoms. The molecule has 1 atom stereocenters. The quantitative estimate of drug-likeness (QED) is 0.667. The van der Waals surface area contributed by atoms with E-state index in [1.54, 1.807) is 0 Å². The Hall–Kier alpha value is -0.890. The first kappa shape index (κ1) is 7.74. The van der Waals surface area contributed by atoms with E-state index in [2.05, 4.69) is 17.4 Å². The van der Waals surface area contributed by atoms with Crippen molar-refractivity contribution in [2.75, 3.05) is 6.67 Å². The van der Waals surface area contributed by atoms with E-state index in [0.717, 1.165) is 13.0 Å². The number of alkyl halides is 1. The van der Waals surface area contributed by atoms with Crippen molar-refractivity contribution in [3.8, 4) is 0 Å². The summed E-state index contributed by atoms with van der Waals surface area (Å²) in [6.45, 7) is 0.541. The maximum atomic E-state index is 12.3. The standard InChI is InChI=1S/C10H12FN/c11-6-10-5-8-3-1-2-4-9(8)7-12-10/h1-4,10,12H,5-7H2/t10-/m0/s1. The fourth-order valence-electron chi connectivity index (χ4n) is 1.63. The van der Waals surface area contributed by atoms with Gasteiger partial charge in [0.25, 0.3) is 0 Å². The molecule has 0 aliphatic carbocycles. The molecule has 0 saturated heterocycles. The Morgan fingerprint density at radius 1 is 1.33 bits per heavy atom. The molecular formula is C10H12FN. The summed E-state index contributed by atoms with van der Waals surface area (Å²) >= 11 is 0. The van der Waals surface area contributed by atoms with Crippen molar-refractivity contribution in [3.63, 3.8) is 0 Å². The van der Waals surface area contributed by atoms with Gasteiger partial charge in [-0.25, -0.2) is 4.39 Å². The van der Waals surface area contributed by atoms with Crippen LogP contribution in [0, 0.1) is 0 Å². The van der Waals surface area contributed by atoms with Crippen molar-refractivity contribution in [1.82, 2.24) is 5.32 Å². The molecule has 0 radical (unpaired) electrons. The number of nitrogens with one attached hydrogen (secondary N) is 1. The van der Waals surface area contributed by atoms with Crippen LogP contribution in [0.5, 0.6) is 0 Å². The third kappa shape index (κ3) is 1.34. The summed E-state index contributed by atoms with van der Waals surface area (Å²) in [7, 11) is 0. The molecule has 1 aliphatic heterocycles. The summed E-state index contributed by atoms with van der Waals surface area (Å²) in [5.41, 5.74) is 2.60. The number of hydrogen-bond donors (Lipinski definition) is 1. The molecule has 1 N–H and O–H groups in total. The normalized spacial score (nSPS) is 21.9. The fraction of sp³-hybridized carbons (Fsp3) is 0.400. The lowest BCUT2D eigenvalue weighted by molar-refractivity contribution is 0.359. The highest BCUT2D eigenvalue weighted by atomic mass is 19.1. The third-order valence-electron chi connectivity index (χ3n) is 2.35. The highest BCUT2D eigenvalue weighted by molar-refractivity contribution is 5.29. The van der Waals surface area contributed by atoms with Crippen LogP contribution >= 0.6 is 0 Å². The molecule has 0 saturated carbocycles. The van der Waals surface area contributed by atoms with Crippen molar-refractivity contribution in [1.29, 1.82) is 0 Å². The van der Waals surface area contributed by atoms with Gasteiger partial charge in [0.15, 0.2) is 0 Å². The maximum absolute atomic E-state index is 12.3. The Morgan fingerprint density at radius 3 is 2.83 bits per heavy atom. The molecule has 0 spiro atoms. The summed E-state index contributed by atoms with van der Waals surface area (Å²) in [6.07, 6.45) is 0.826. The second kappa shape index (κ2) is 3.23. The number of rotatable bonds is 1. The minimum atomic E-state index is -0.270. The minimum Gasteiger partial charge on any atom is -0.307 e. The van der Waals surface area contributed by atoms with Gasteiger partial charge in [0.05, 0.1) is 0 Å². The van der Waals surface area contributed by atoms with Crippen molar-refractivity contribution < 1.29 is 4.39 Å². The van der Waals surface area contributed by atoms with Gasteiger partial charge in [0, 0.05) is 12.6 Å². The molecule has 2 rings (SSSR count). The Balaban J connectivity index is 2.23. The molecule has 0 amide bonds. The van der Waals surface area contributed by atoms with E-state index in [1.165, 1.54) is 11.1 Å². The van der Waals surface area contributed by atoms with Gasteiger partial charge >= 0.3 is 0 Å². The molecule has 12 heavy (non-hydrogen) atoms. The molecule has 1 aromatic rings. The molecular weight excluding hydrogens is 153 g/mol. The average molecular weight is 165 g/mol. The fourth-order valence-corrected chi connectivity index (χ4v) is 1.63. The van der Waals surface area contributed by atoms with Crippen LogP contribution in [-0.4, -0.2) is 12.7 Å². The van der Waals surface area contributed by atoms with E-state index in [0.29, 0.717) is 0 Å². The zero-order chi connectivity index (χ0) is 8.39. The highest BCUT2D eigenvalue weighted by Gasteiger charge is 2.16. The van der Waals surface area contributed by atoms with E-state index in [-0.39, 0.29) is 12.7 Å². The topological polar surface area (TPSA) is 12.0 Å². The smallest absolute Gasteiger partial charge is 0.105 e. The summed E-state index contributed by atoms with van der Waals surface area (Å²) in [6, 6.07) is 8.24. The van der Waals surface area contributed by atoms with Gasteiger partial charge < -0.3 is 5.32 Å². The van der Waals surface area contributed by atoms with Crippen LogP contribution in [0.15, 0.2) is 24.3 Å². The van der Waals surface area contributed by atoms with Crippen LogP contribution in [-0.2, 0) is 13.0 Å². The molecule has 0 fully saturated rings. The van der Waals surface area contributed by atoms with Crippen LogP contribution in [0.1, 0.15) is 11.1 Å². The Bertz CT molecular complexity index is 272. The lowest BCUT2D eigenvalue weighted by atomic mass is 9.97. The Morgan fingerprint density at radius 2 is 2.08 bits per heavy atom. The first-order valence-electron chi connectivity index (χ1n) is 4.26. The zero-order valence-electron chi connectivity index (χ0n) is 6.89. The van der Waals surface area contributed by atoms with Gasteiger partial charge in [-0.2, -0.15) is 0 Å². The SMILES string of the molecule is FC[C@@H]1Cc2ccccc2CN1. The average Bonchev–Trinajstić information content (AvgIpc) is 2.17. The van der Waals surface area contributed by atoms with Crippen LogP contribution in [0.4, 0.5) is 4.39 Å². The Kier molecular flexibility index (Phi) is 2.09. The van der Waals surface area contributed by atoms with E-state index in [9.17, 15) is 4.39 Å². The van der Waals surface area contributed by atoms with E-state index in [4.69, 9.17) is 0 Å². The monoisotopic (exact) mass is 165 g/mol. The summed E-state index contributed by atoms with van der Waals surface area (Å²) in [4.78, 5) is 0. The molecule has 1 nitrogen and oxygen atoms in total. The molecule has 64 valence electrons. The number of fused-ring (bicyclic) bond motifs is 1. The van der Waals surface area contributed by atoms with Crippen LogP contribution in [0.2, 0.25) is 0 Å². The van der Waals surface area contributed by atoms with Gasteiger partial charge in [0.1, 0.15) is 6.67 Å². The Labute approximate surface area is 71.6 Å². The lowest BCUT2D eigenvalue weighted by Crippen LogP contribution is -2.36. The number of halogens is 1. The molecule has 1 heterocycles. The molecule has 0 bridgehead atoms. The van der Waals surface area contributed by atoms with E-state index in [1.807, 2.05) is 12.1 Å². The predicted octanol–water partition coefficient (Wildman–Crippen LogP) is 1.67. The van der Waals surface area contributed by atoms with Crippen molar-refractivity contribution in [3.05, 3.63) is 35.4 Å². The summed E-state index contributed by atoms with van der Waals surface area (Å²) < 4.78 is 12.3. The highest BCUT2D eigenvalue weighted by Crippen LogP contribution is 2.15. The minimum absolute atomic E-state index is 0.0277. The van der Waals surface area contributed by atoms with Crippen molar-refractivity contribution >= 4 is 0 Å². The van der Waals surface area contributed by atoms with Crippen LogP contribution in [0.25, 0.3) is 0 Å². The molecule has 0 aromatic heterocycles. The lowest BCUT2D eigenvalue weighted by Gasteiger charge is -2.23. The second-order valence-corrected chi connectivity index (χ2v) is 3.20. The largest absolute Gasteiger partial charge is 0.307 e. The second-order valence-electron chi connectivity index (χ2n) is 3.20. The molecule has 0 unspecified atom stereocenters. The number of hydrogen-bond acceptors (Lipinski definition) is 1. The first-order valence-corrected chi connectivity index (χ1v) is 4.26. The maximum Gasteiger partial charge on any atom is 0.105 e. The first-order chi connectivity index (χ1) is 5.90. The van der Waals surface area contributed by atoms with Gasteiger partial charge in [0.2, 0.25) is 0 Å². The molecule has 1 aliphatic rings. The zero-order valence-corrected chi connectivity index (χ0v) is 6.89. The predicted molar refractivity (Wildman–Crippen MR) is 46.7 cm³/mol. The van der Waals surface area contributed by atoms with Crippen molar-refractivity contribution in [2.24, 2.45) is 0 Å². The van der Waals surface area contributed by atoms with Gasteiger partial charge in [-0.3, -0.25) is 0 Å². The van der Waals surface area contributed by atoms with Crippen LogP contribution in [0.3, 0.4) is 0 Å². The van der Waals surface area contributed by atoms with Gasteiger partial charge in [-0.15, -0.1) is 0 Å². The van der Waals surface area contributed by atoms with E-state index >= 15 is 0 Å². The number of benzene rings is 1. The summed E-state index contributed by atoms with van der Waals surface area (Å²) in [5, 5.41) is 3.15. The van der Waals surface area contributed by atoms with E-state index < -0.39 is 0 Å². The van der Waals surface area contributed by atoms with Crippen LogP contribution < -0.4 is 5.32 Å². The summed E-state index contributed by atoms with van der Waals surface area (Å²) in [5.74, 6) is 0. The van der Waals surface area contributed by atoms with Gasteiger partial charge in [-0.1, -0.05) is 24.3 Å².